The van der Waals surface area contributed by atoms with Gasteiger partial charge in [0.1, 0.15) is 0 Å². The fourth-order valence-corrected chi connectivity index (χ4v) is 5.39. The average Bonchev–Trinajstić information content (AvgIpc) is 3.07. The molecule has 0 aromatic heterocycles. The number of nitrogens with one attached hydrogen (secondary N) is 1. The first-order valence-electron chi connectivity index (χ1n) is 10.2. The van der Waals surface area contributed by atoms with Gasteiger partial charge >= 0.3 is 5.51 Å². The van der Waals surface area contributed by atoms with Gasteiger partial charge in [-0.15, -0.1) is 0 Å². The molecular weight excluding hydrogens is 461 g/mol. The lowest BCUT2D eigenvalue weighted by atomic mass is 9.70. The van der Waals surface area contributed by atoms with E-state index in [2.05, 4.69) is 0 Å². The van der Waals surface area contributed by atoms with Crippen molar-refractivity contribution in [3.63, 3.8) is 0 Å². The number of hydrogen-bond donors (Lipinski definition) is 2. The number of hydroxylamine groups is 1. The van der Waals surface area contributed by atoms with Gasteiger partial charge in [0.15, 0.2) is 0 Å². The first-order chi connectivity index (χ1) is 15.5. The molecule has 1 atom stereocenters. The van der Waals surface area contributed by atoms with E-state index < -0.39 is 31.6 Å². The van der Waals surface area contributed by atoms with Crippen molar-refractivity contribution in [1.29, 1.82) is 0 Å². The minimum absolute atomic E-state index is 0.0442. The summed E-state index contributed by atoms with van der Waals surface area (Å²) in [5, 5.41) is 8.81. The summed E-state index contributed by atoms with van der Waals surface area (Å²) in [5.74, 6) is -0.646. The summed E-state index contributed by atoms with van der Waals surface area (Å²) < 4.78 is 61.2. The summed E-state index contributed by atoms with van der Waals surface area (Å²) in [4.78, 5) is 25.7. The number of nitrogens with zero attached hydrogens (tertiary/aromatic N) is 1. The lowest BCUT2D eigenvalue weighted by Crippen LogP contribution is -2.38. The molecule has 0 radical (unpaired) electrons. The lowest BCUT2D eigenvalue weighted by Gasteiger charge is -2.33. The van der Waals surface area contributed by atoms with Gasteiger partial charge < -0.3 is 4.90 Å². The summed E-state index contributed by atoms with van der Waals surface area (Å²) in [6, 6.07) is 9.49. The first-order valence-corrected chi connectivity index (χ1v) is 11.7. The smallest absolute Gasteiger partial charge is 0.338 e. The molecule has 176 valence electrons. The van der Waals surface area contributed by atoms with Crippen molar-refractivity contribution in [1.82, 2.24) is 10.4 Å². The fourth-order valence-electron chi connectivity index (χ4n) is 4.63. The largest absolute Gasteiger partial charge is 0.501 e. The second kappa shape index (κ2) is 8.14. The standard InChI is InChI=1S/C22H21F3N2O5S/c23-22(24,25)33(31,32)18-5-1-14(2-6-18)13-27-10-9-21(20(27)29)8-7-15-11-16(19(28)26-30)3-4-17(15)12-21/h1-6,11,30H,7-10,12-13H2,(H,26,28)/t21-/m1/s1. The number of carbonyl (C=O) groups excluding carboxylic acids is 2. The molecule has 33 heavy (non-hydrogen) atoms. The summed E-state index contributed by atoms with van der Waals surface area (Å²) in [6.07, 6.45) is 2.35. The molecule has 11 heteroatoms. The Bertz CT molecular complexity index is 1210. The number of fused-ring (bicyclic) bond motifs is 1. The van der Waals surface area contributed by atoms with E-state index in [9.17, 15) is 31.2 Å². The number of sulfone groups is 1. The molecule has 1 fully saturated rings. The molecule has 0 bridgehead atoms. The van der Waals surface area contributed by atoms with Gasteiger partial charge in [0, 0.05) is 18.7 Å². The van der Waals surface area contributed by atoms with Crippen LogP contribution in [-0.2, 0) is 34.0 Å². The van der Waals surface area contributed by atoms with E-state index in [0.717, 1.165) is 23.3 Å². The van der Waals surface area contributed by atoms with E-state index in [4.69, 9.17) is 5.21 Å². The Balaban J connectivity index is 1.47. The number of carbonyl (C=O) groups is 2. The van der Waals surface area contributed by atoms with Gasteiger partial charge in [-0.05, 0) is 66.6 Å². The SMILES string of the molecule is O=C(NO)c1ccc2c(c1)CC[C@@]1(CCN(Cc3ccc(S(=O)(=O)C(F)(F)F)cc3)C1=O)C2. The van der Waals surface area contributed by atoms with Crippen LogP contribution in [0.25, 0.3) is 0 Å². The number of benzene rings is 2. The van der Waals surface area contributed by atoms with E-state index in [0.29, 0.717) is 43.4 Å². The highest BCUT2D eigenvalue weighted by atomic mass is 32.2. The highest BCUT2D eigenvalue weighted by Gasteiger charge is 2.48. The fraction of sp³-hybridized carbons (Fsp3) is 0.364. The predicted molar refractivity (Wildman–Crippen MR) is 110 cm³/mol. The van der Waals surface area contributed by atoms with Crippen LogP contribution in [0.15, 0.2) is 47.4 Å². The molecule has 2 aromatic rings. The van der Waals surface area contributed by atoms with Gasteiger partial charge in [0.2, 0.25) is 5.91 Å². The Morgan fingerprint density at radius 2 is 1.79 bits per heavy atom. The van der Waals surface area contributed by atoms with Crippen molar-refractivity contribution in [3.05, 3.63) is 64.7 Å². The number of likely N-dealkylation sites (tertiary alicyclic amines) is 1. The normalized spacial score (nSPS) is 20.7. The minimum Gasteiger partial charge on any atom is -0.338 e. The molecule has 1 aliphatic carbocycles. The monoisotopic (exact) mass is 482 g/mol. The summed E-state index contributed by atoms with van der Waals surface area (Å²) in [7, 11) is -5.41. The van der Waals surface area contributed by atoms with E-state index in [1.54, 1.807) is 28.6 Å². The molecule has 0 saturated carbocycles. The molecule has 2 amide bonds. The Morgan fingerprint density at radius 3 is 2.42 bits per heavy atom. The molecular formula is C22H21F3N2O5S. The van der Waals surface area contributed by atoms with Crippen molar-refractivity contribution < 1.29 is 36.4 Å². The molecule has 2 aromatic carbocycles. The third-order valence-corrected chi connectivity index (χ3v) is 7.99. The van der Waals surface area contributed by atoms with E-state index in [-0.39, 0.29) is 12.5 Å². The zero-order valence-electron chi connectivity index (χ0n) is 17.4. The third-order valence-electron chi connectivity index (χ3n) is 6.48. The number of hydrogen-bond acceptors (Lipinski definition) is 5. The van der Waals surface area contributed by atoms with Crippen LogP contribution in [-0.4, -0.2) is 42.4 Å². The predicted octanol–water partition coefficient (Wildman–Crippen LogP) is 3.01. The van der Waals surface area contributed by atoms with Crippen LogP contribution < -0.4 is 5.48 Å². The Kier molecular flexibility index (Phi) is 5.73. The number of amides is 2. The maximum absolute atomic E-state index is 13.3. The maximum atomic E-state index is 13.3. The number of rotatable bonds is 4. The van der Waals surface area contributed by atoms with Crippen molar-refractivity contribution in [2.24, 2.45) is 5.41 Å². The van der Waals surface area contributed by atoms with Crippen molar-refractivity contribution in [2.45, 2.75) is 42.6 Å². The third kappa shape index (κ3) is 4.10. The van der Waals surface area contributed by atoms with Crippen LogP contribution in [0.4, 0.5) is 13.2 Å². The Morgan fingerprint density at radius 1 is 1.09 bits per heavy atom. The lowest BCUT2D eigenvalue weighted by molar-refractivity contribution is -0.137. The second-order valence-corrected chi connectivity index (χ2v) is 10.4. The van der Waals surface area contributed by atoms with Gasteiger partial charge in [-0.2, -0.15) is 13.2 Å². The maximum Gasteiger partial charge on any atom is 0.501 e. The molecule has 1 aliphatic heterocycles. The van der Waals surface area contributed by atoms with Crippen LogP contribution in [0, 0.1) is 5.41 Å². The van der Waals surface area contributed by atoms with Gasteiger partial charge in [0.25, 0.3) is 15.7 Å². The van der Waals surface area contributed by atoms with E-state index in [1.807, 2.05) is 0 Å². The molecule has 1 spiro atoms. The summed E-state index contributed by atoms with van der Waals surface area (Å²) >= 11 is 0. The number of aryl methyl sites for hydroxylation is 1. The molecule has 4 rings (SSSR count). The zero-order chi connectivity index (χ0) is 24.0. The molecule has 2 aliphatic rings. The van der Waals surface area contributed by atoms with Crippen molar-refractivity contribution >= 4 is 21.7 Å². The van der Waals surface area contributed by atoms with Gasteiger partial charge in [-0.3, -0.25) is 14.8 Å². The van der Waals surface area contributed by atoms with E-state index in [1.165, 1.54) is 12.1 Å². The van der Waals surface area contributed by atoms with Crippen molar-refractivity contribution in [2.75, 3.05) is 6.54 Å². The second-order valence-electron chi connectivity index (χ2n) is 8.45. The van der Waals surface area contributed by atoms with Crippen LogP contribution in [0.1, 0.15) is 39.9 Å². The quantitative estimate of drug-likeness (QED) is 0.515. The van der Waals surface area contributed by atoms with Crippen LogP contribution in [0.5, 0.6) is 0 Å². The highest BCUT2D eigenvalue weighted by Crippen LogP contribution is 2.44. The van der Waals surface area contributed by atoms with E-state index >= 15 is 0 Å². The molecule has 1 saturated heterocycles. The van der Waals surface area contributed by atoms with Crippen LogP contribution in [0.3, 0.4) is 0 Å². The Hall–Kier alpha value is -2.92. The first kappa shape index (κ1) is 23.2. The number of alkyl halides is 3. The number of halogens is 3. The van der Waals surface area contributed by atoms with Gasteiger partial charge in [0.05, 0.1) is 10.3 Å². The van der Waals surface area contributed by atoms with Crippen LogP contribution in [0.2, 0.25) is 0 Å². The zero-order valence-corrected chi connectivity index (χ0v) is 18.2. The highest BCUT2D eigenvalue weighted by molar-refractivity contribution is 7.92. The Labute approximate surface area is 188 Å². The topological polar surface area (TPSA) is 104 Å². The van der Waals surface area contributed by atoms with Gasteiger partial charge in [-0.1, -0.05) is 18.2 Å². The minimum atomic E-state index is -5.41. The molecule has 7 nitrogen and oxygen atoms in total. The average molecular weight is 482 g/mol. The summed E-state index contributed by atoms with van der Waals surface area (Å²) in [6.45, 7) is 0.664. The summed E-state index contributed by atoms with van der Waals surface area (Å²) in [5.41, 5.74) is -1.55. The van der Waals surface area contributed by atoms with Crippen molar-refractivity contribution in [3.8, 4) is 0 Å². The van der Waals surface area contributed by atoms with Crippen LogP contribution >= 0.6 is 0 Å². The molecule has 0 unspecified atom stereocenters. The molecule has 2 N–H and O–H groups in total. The molecule has 1 heterocycles. The van der Waals surface area contributed by atoms with Gasteiger partial charge in [-0.25, -0.2) is 13.9 Å².